The molecular formula is C16H19Cl2N3O2S2. The van der Waals surface area contributed by atoms with Crippen LogP contribution >= 0.6 is 47.1 Å². The van der Waals surface area contributed by atoms with E-state index in [1.165, 1.54) is 11.3 Å². The number of carbonyl (C=O) groups is 1. The van der Waals surface area contributed by atoms with Gasteiger partial charge in [0.25, 0.3) is 0 Å². The number of halogens is 2. The van der Waals surface area contributed by atoms with Crippen molar-refractivity contribution >= 4 is 58.1 Å². The maximum absolute atomic E-state index is 12.1. The van der Waals surface area contributed by atoms with Crippen LogP contribution in [0.5, 0.6) is 5.75 Å². The average molecular weight is 420 g/mol. The van der Waals surface area contributed by atoms with Gasteiger partial charge in [-0.1, -0.05) is 11.6 Å². The van der Waals surface area contributed by atoms with Crippen LogP contribution in [0.4, 0.5) is 5.13 Å². The van der Waals surface area contributed by atoms with Gasteiger partial charge < -0.3 is 15.4 Å². The van der Waals surface area contributed by atoms with Crippen molar-refractivity contribution in [2.75, 3.05) is 30.5 Å². The molecule has 3 rings (SSSR count). The molecule has 1 aliphatic rings. The first kappa shape index (κ1) is 20.3. The van der Waals surface area contributed by atoms with E-state index in [4.69, 9.17) is 16.3 Å². The molecule has 2 heterocycles. The predicted molar refractivity (Wildman–Crippen MR) is 109 cm³/mol. The van der Waals surface area contributed by atoms with Gasteiger partial charge in [0.2, 0.25) is 5.91 Å². The molecular weight excluding hydrogens is 401 g/mol. The third-order valence-corrected chi connectivity index (χ3v) is 5.81. The molecule has 1 fully saturated rings. The molecule has 0 radical (unpaired) electrons. The Labute approximate surface area is 166 Å². The lowest BCUT2D eigenvalue weighted by atomic mass is 10.2. The van der Waals surface area contributed by atoms with Crippen molar-refractivity contribution in [3.63, 3.8) is 0 Å². The zero-order valence-corrected chi connectivity index (χ0v) is 16.8. The zero-order chi connectivity index (χ0) is 16.9. The molecule has 2 aromatic rings. The average Bonchev–Trinajstić information content (AvgIpc) is 3.04. The molecule has 0 bridgehead atoms. The molecule has 1 aromatic carbocycles. The number of thiazole rings is 1. The van der Waals surface area contributed by atoms with E-state index in [0.717, 1.165) is 29.3 Å². The summed E-state index contributed by atoms with van der Waals surface area (Å²) in [4.78, 5) is 16.6. The molecule has 1 aromatic heterocycles. The lowest BCUT2D eigenvalue weighted by Crippen LogP contribution is -2.39. The monoisotopic (exact) mass is 419 g/mol. The highest BCUT2D eigenvalue weighted by Gasteiger charge is 2.17. The summed E-state index contributed by atoms with van der Waals surface area (Å²) < 4.78 is 5.15. The molecule has 136 valence electrons. The van der Waals surface area contributed by atoms with Crippen LogP contribution in [0.25, 0.3) is 11.3 Å². The summed E-state index contributed by atoms with van der Waals surface area (Å²) >= 11 is 9.44. The molecule has 5 nitrogen and oxygen atoms in total. The molecule has 25 heavy (non-hydrogen) atoms. The predicted octanol–water partition coefficient (Wildman–Crippen LogP) is 3.93. The van der Waals surface area contributed by atoms with Crippen LogP contribution in [0.1, 0.15) is 6.42 Å². The van der Waals surface area contributed by atoms with Gasteiger partial charge in [-0.15, -0.1) is 23.7 Å². The van der Waals surface area contributed by atoms with E-state index in [-0.39, 0.29) is 24.4 Å². The van der Waals surface area contributed by atoms with Crippen LogP contribution in [-0.2, 0) is 4.79 Å². The SMILES string of the molecule is COc1ccc(-c2csc(NC(=O)CC3CSCCN3)n2)cc1Cl.Cl. The molecule has 9 heteroatoms. The van der Waals surface area contributed by atoms with Gasteiger partial charge in [0.15, 0.2) is 5.13 Å². The van der Waals surface area contributed by atoms with Gasteiger partial charge in [0.1, 0.15) is 5.75 Å². The second kappa shape index (κ2) is 9.64. The summed E-state index contributed by atoms with van der Waals surface area (Å²) in [5.41, 5.74) is 1.68. The summed E-state index contributed by atoms with van der Waals surface area (Å²) in [7, 11) is 1.58. The summed E-state index contributed by atoms with van der Waals surface area (Å²) in [5.74, 6) is 2.70. The molecule has 0 spiro atoms. The molecule has 1 aliphatic heterocycles. The number of aromatic nitrogens is 1. The zero-order valence-electron chi connectivity index (χ0n) is 13.6. The summed E-state index contributed by atoms with van der Waals surface area (Å²) in [6, 6.07) is 5.75. The Morgan fingerprint density at radius 2 is 2.36 bits per heavy atom. The van der Waals surface area contributed by atoms with E-state index in [1.807, 2.05) is 35.3 Å². The second-order valence-electron chi connectivity index (χ2n) is 5.37. The first-order chi connectivity index (χ1) is 11.7. The van der Waals surface area contributed by atoms with Gasteiger partial charge in [-0.25, -0.2) is 4.98 Å². The van der Waals surface area contributed by atoms with E-state index in [0.29, 0.717) is 22.3 Å². The van der Waals surface area contributed by atoms with Crippen LogP contribution in [0.2, 0.25) is 5.02 Å². The summed E-state index contributed by atoms with van der Waals surface area (Å²) in [6.07, 6.45) is 0.469. The fraction of sp³-hybridized carbons (Fsp3) is 0.375. The van der Waals surface area contributed by atoms with Crippen LogP contribution in [0, 0.1) is 0 Å². The second-order valence-corrected chi connectivity index (χ2v) is 7.78. The number of hydrogen-bond acceptors (Lipinski definition) is 6. The summed E-state index contributed by atoms with van der Waals surface area (Å²) in [5, 5.41) is 9.28. The van der Waals surface area contributed by atoms with Gasteiger partial charge in [0.05, 0.1) is 17.8 Å². The molecule has 0 saturated carbocycles. The first-order valence-corrected chi connectivity index (χ1v) is 9.97. The molecule has 2 N–H and O–H groups in total. The third-order valence-electron chi connectivity index (χ3n) is 3.63. The quantitative estimate of drug-likeness (QED) is 0.768. The Morgan fingerprint density at radius 1 is 1.52 bits per heavy atom. The van der Waals surface area contributed by atoms with Crippen molar-refractivity contribution in [1.82, 2.24) is 10.3 Å². The Morgan fingerprint density at radius 3 is 3.04 bits per heavy atom. The van der Waals surface area contributed by atoms with E-state index >= 15 is 0 Å². The number of nitrogens with zero attached hydrogens (tertiary/aromatic N) is 1. The Hall–Kier alpha value is -0.990. The largest absolute Gasteiger partial charge is 0.495 e. The normalized spacial score (nSPS) is 16.8. The molecule has 0 aliphatic carbocycles. The van der Waals surface area contributed by atoms with E-state index < -0.39 is 0 Å². The van der Waals surface area contributed by atoms with Crippen molar-refractivity contribution in [3.05, 3.63) is 28.6 Å². The number of carbonyl (C=O) groups excluding carboxylic acids is 1. The van der Waals surface area contributed by atoms with Gasteiger partial charge in [-0.05, 0) is 18.2 Å². The Kier molecular flexibility index (Phi) is 7.83. The van der Waals surface area contributed by atoms with Crippen LogP contribution in [-0.4, -0.2) is 42.1 Å². The molecule has 1 saturated heterocycles. The number of methoxy groups -OCH3 is 1. The van der Waals surface area contributed by atoms with Gasteiger partial charge in [0, 0.05) is 41.5 Å². The van der Waals surface area contributed by atoms with Crippen molar-refractivity contribution in [3.8, 4) is 17.0 Å². The third kappa shape index (κ3) is 5.49. The molecule has 1 amide bonds. The summed E-state index contributed by atoms with van der Waals surface area (Å²) in [6.45, 7) is 0.961. The van der Waals surface area contributed by atoms with E-state index in [2.05, 4.69) is 15.6 Å². The topological polar surface area (TPSA) is 63.2 Å². The fourth-order valence-electron chi connectivity index (χ4n) is 2.43. The molecule has 1 unspecified atom stereocenters. The number of rotatable bonds is 5. The van der Waals surface area contributed by atoms with Crippen molar-refractivity contribution in [1.29, 1.82) is 0 Å². The number of hydrogen-bond donors (Lipinski definition) is 2. The smallest absolute Gasteiger partial charge is 0.227 e. The Bertz CT molecular complexity index is 721. The minimum absolute atomic E-state index is 0. The number of thioether (sulfide) groups is 1. The van der Waals surface area contributed by atoms with Gasteiger partial charge in [-0.3, -0.25) is 4.79 Å². The van der Waals surface area contributed by atoms with Crippen molar-refractivity contribution < 1.29 is 9.53 Å². The molecule has 1 atom stereocenters. The van der Waals surface area contributed by atoms with E-state index in [1.54, 1.807) is 7.11 Å². The highest BCUT2D eigenvalue weighted by molar-refractivity contribution is 7.99. The lowest BCUT2D eigenvalue weighted by Gasteiger charge is -2.22. The standard InChI is InChI=1S/C16H18ClN3O2S2.ClH/c1-22-14-3-2-10(6-12(14)17)13-9-24-16(19-13)20-15(21)7-11-8-23-5-4-18-11;/h2-3,6,9,11,18H,4-5,7-8H2,1H3,(H,19,20,21);1H. The number of amides is 1. The van der Waals surface area contributed by atoms with Crippen molar-refractivity contribution in [2.45, 2.75) is 12.5 Å². The van der Waals surface area contributed by atoms with Crippen LogP contribution in [0.3, 0.4) is 0 Å². The van der Waals surface area contributed by atoms with Gasteiger partial charge in [-0.2, -0.15) is 11.8 Å². The highest BCUT2D eigenvalue weighted by atomic mass is 35.5. The maximum atomic E-state index is 12.1. The number of anilines is 1. The van der Waals surface area contributed by atoms with E-state index in [9.17, 15) is 4.79 Å². The minimum Gasteiger partial charge on any atom is -0.495 e. The first-order valence-electron chi connectivity index (χ1n) is 7.56. The van der Waals surface area contributed by atoms with Gasteiger partial charge >= 0.3 is 0 Å². The fourth-order valence-corrected chi connectivity index (χ4v) is 4.38. The lowest BCUT2D eigenvalue weighted by molar-refractivity contribution is -0.116. The van der Waals surface area contributed by atoms with Crippen molar-refractivity contribution in [2.24, 2.45) is 0 Å². The number of ether oxygens (including phenoxy) is 1. The highest BCUT2D eigenvalue weighted by Crippen LogP contribution is 2.31. The minimum atomic E-state index is -0.0105. The number of benzene rings is 1. The van der Waals surface area contributed by atoms with Crippen LogP contribution in [0.15, 0.2) is 23.6 Å². The Balaban J connectivity index is 0.00000225. The van der Waals surface area contributed by atoms with Crippen LogP contribution < -0.4 is 15.4 Å². The maximum Gasteiger partial charge on any atom is 0.227 e. The number of nitrogens with one attached hydrogen (secondary N) is 2.